The predicted molar refractivity (Wildman–Crippen MR) is 90.0 cm³/mol. The number of carbonyl (C=O) groups is 1. The second-order valence-electron chi connectivity index (χ2n) is 6.34. The smallest absolute Gasteiger partial charge is 0.222 e. The van der Waals surface area contributed by atoms with E-state index in [1.54, 1.807) is 11.0 Å². The maximum atomic E-state index is 12.3. The van der Waals surface area contributed by atoms with Crippen molar-refractivity contribution in [2.45, 2.75) is 38.3 Å². The molecule has 2 heterocycles. The first-order valence-electron chi connectivity index (χ1n) is 8.57. The van der Waals surface area contributed by atoms with E-state index in [0.29, 0.717) is 6.42 Å². The molecule has 24 heavy (non-hydrogen) atoms. The van der Waals surface area contributed by atoms with E-state index in [4.69, 9.17) is 0 Å². The molecule has 1 aliphatic rings. The number of aryl methyl sites for hydroxylation is 1. The lowest BCUT2D eigenvalue weighted by molar-refractivity contribution is -0.133. The summed E-state index contributed by atoms with van der Waals surface area (Å²) in [5.74, 6) is 0.425. The summed E-state index contributed by atoms with van der Waals surface area (Å²) in [6.07, 6.45) is 5.75. The van der Waals surface area contributed by atoms with E-state index < -0.39 is 6.10 Å². The average Bonchev–Trinajstić information content (AvgIpc) is 3.15. The third-order valence-corrected chi connectivity index (χ3v) is 4.72. The second kappa shape index (κ2) is 8.06. The Morgan fingerprint density at radius 1 is 1.25 bits per heavy atom. The Morgan fingerprint density at radius 3 is 2.67 bits per heavy atom. The van der Waals surface area contributed by atoms with Gasteiger partial charge in [-0.3, -0.25) is 9.48 Å². The molecule has 0 saturated carbocycles. The third-order valence-electron chi connectivity index (χ3n) is 4.72. The fourth-order valence-electron chi connectivity index (χ4n) is 3.29. The van der Waals surface area contributed by atoms with Gasteiger partial charge in [0.15, 0.2) is 0 Å². The van der Waals surface area contributed by atoms with E-state index in [2.05, 4.69) is 10.1 Å². The minimum Gasteiger partial charge on any atom is -0.388 e. The number of carbonyl (C=O) groups excluding carboxylic acids is 1. The van der Waals surface area contributed by atoms with Crippen LogP contribution in [0.4, 0.5) is 0 Å². The highest BCUT2D eigenvalue weighted by molar-refractivity contribution is 5.76. The third kappa shape index (κ3) is 4.20. The number of aliphatic hydroxyl groups is 1. The molecule has 1 unspecified atom stereocenters. The number of piperidine rings is 1. The summed E-state index contributed by atoms with van der Waals surface area (Å²) in [5.41, 5.74) is 0.968. The number of likely N-dealkylation sites (tertiary alicyclic amines) is 1. The van der Waals surface area contributed by atoms with Crippen LogP contribution in [-0.2, 0) is 11.3 Å². The Bertz CT molecular complexity index is 622. The highest BCUT2D eigenvalue weighted by Crippen LogP contribution is 2.30. The van der Waals surface area contributed by atoms with Crippen molar-refractivity contribution in [2.24, 2.45) is 5.92 Å². The molecule has 1 atom stereocenters. The number of amides is 1. The molecule has 0 spiro atoms. The summed E-state index contributed by atoms with van der Waals surface area (Å²) in [6, 6.07) is 9.79. The van der Waals surface area contributed by atoms with Crippen LogP contribution in [0.2, 0.25) is 0 Å². The van der Waals surface area contributed by atoms with E-state index in [0.717, 1.165) is 44.5 Å². The molecular formula is C18H24N4O2. The lowest BCUT2D eigenvalue weighted by Gasteiger charge is -2.34. The van der Waals surface area contributed by atoms with E-state index >= 15 is 0 Å². The molecule has 1 amide bonds. The molecule has 1 fully saturated rings. The molecule has 1 aromatic carbocycles. The quantitative estimate of drug-likeness (QED) is 0.881. The first kappa shape index (κ1) is 16.6. The fraction of sp³-hybridized carbons (Fsp3) is 0.500. The maximum absolute atomic E-state index is 12.3. The van der Waals surface area contributed by atoms with Gasteiger partial charge in [-0.1, -0.05) is 30.3 Å². The van der Waals surface area contributed by atoms with Gasteiger partial charge in [0.2, 0.25) is 5.91 Å². The van der Waals surface area contributed by atoms with Gasteiger partial charge < -0.3 is 10.0 Å². The van der Waals surface area contributed by atoms with E-state index in [-0.39, 0.29) is 11.8 Å². The molecule has 6 heteroatoms. The van der Waals surface area contributed by atoms with Crippen molar-refractivity contribution in [3.05, 3.63) is 48.5 Å². The van der Waals surface area contributed by atoms with Gasteiger partial charge in [0.05, 0.1) is 6.10 Å². The summed E-state index contributed by atoms with van der Waals surface area (Å²) in [6.45, 7) is 2.18. The van der Waals surface area contributed by atoms with Crippen molar-refractivity contribution >= 4 is 5.91 Å². The average molecular weight is 328 g/mol. The molecule has 128 valence electrons. The fourth-order valence-corrected chi connectivity index (χ4v) is 3.29. The van der Waals surface area contributed by atoms with Crippen LogP contribution in [0.1, 0.15) is 37.4 Å². The van der Waals surface area contributed by atoms with Crippen LogP contribution in [0.15, 0.2) is 43.0 Å². The van der Waals surface area contributed by atoms with Crippen LogP contribution in [0.3, 0.4) is 0 Å². The molecule has 1 N–H and O–H groups in total. The van der Waals surface area contributed by atoms with Crippen LogP contribution < -0.4 is 0 Å². The minimum absolute atomic E-state index is 0.197. The number of rotatable bonds is 6. The van der Waals surface area contributed by atoms with Gasteiger partial charge in [0, 0.05) is 26.1 Å². The zero-order valence-corrected chi connectivity index (χ0v) is 13.8. The molecule has 0 radical (unpaired) electrons. The topological polar surface area (TPSA) is 71.2 Å². The van der Waals surface area contributed by atoms with Gasteiger partial charge in [-0.25, -0.2) is 4.98 Å². The lowest BCUT2D eigenvalue weighted by Crippen LogP contribution is -2.39. The Kier molecular flexibility index (Phi) is 5.59. The maximum Gasteiger partial charge on any atom is 0.222 e. The van der Waals surface area contributed by atoms with Crippen LogP contribution in [0, 0.1) is 5.92 Å². The van der Waals surface area contributed by atoms with Crippen molar-refractivity contribution in [3.63, 3.8) is 0 Å². The molecule has 1 aliphatic heterocycles. The van der Waals surface area contributed by atoms with Crippen molar-refractivity contribution in [2.75, 3.05) is 13.1 Å². The molecule has 0 aliphatic carbocycles. The summed E-state index contributed by atoms with van der Waals surface area (Å²) < 4.78 is 1.75. The van der Waals surface area contributed by atoms with Gasteiger partial charge in [-0.05, 0) is 30.7 Å². The zero-order valence-electron chi connectivity index (χ0n) is 13.8. The number of aromatic nitrogens is 3. The molecule has 0 bridgehead atoms. The number of hydrogen-bond donors (Lipinski definition) is 1. The van der Waals surface area contributed by atoms with Gasteiger partial charge >= 0.3 is 0 Å². The SMILES string of the molecule is O=C(CCCn1cncn1)N1CCC(C(O)c2ccccc2)CC1. The van der Waals surface area contributed by atoms with Crippen LogP contribution in [0.25, 0.3) is 0 Å². The number of hydrogen-bond acceptors (Lipinski definition) is 4. The van der Waals surface area contributed by atoms with E-state index in [1.807, 2.05) is 35.2 Å². The normalized spacial score (nSPS) is 17.0. The van der Waals surface area contributed by atoms with Crippen molar-refractivity contribution < 1.29 is 9.90 Å². The number of aliphatic hydroxyl groups excluding tert-OH is 1. The van der Waals surface area contributed by atoms with Crippen LogP contribution in [-0.4, -0.2) is 43.8 Å². The largest absolute Gasteiger partial charge is 0.388 e. The Hall–Kier alpha value is -2.21. The minimum atomic E-state index is -0.434. The van der Waals surface area contributed by atoms with Crippen LogP contribution >= 0.6 is 0 Å². The standard InChI is InChI=1S/C18H24N4O2/c23-17(7-4-10-22-14-19-13-20-22)21-11-8-16(9-12-21)18(24)15-5-2-1-3-6-15/h1-3,5-6,13-14,16,18,24H,4,7-12H2. The van der Waals surface area contributed by atoms with Crippen molar-refractivity contribution in [1.29, 1.82) is 0 Å². The number of benzene rings is 1. The summed E-state index contributed by atoms with van der Waals surface area (Å²) in [7, 11) is 0. The molecule has 2 aromatic rings. The Morgan fingerprint density at radius 2 is 2.00 bits per heavy atom. The summed E-state index contributed by atoms with van der Waals surface area (Å²) in [4.78, 5) is 18.1. The van der Waals surface area contributed by atoms with Gasteiger partial charge in [0.1, 0.15) is 12.7 Å². The molecule has 6 nitrogen and oxygen atoms in total. The Labute approximate surface area is 142 Å². The molecule has 3 rings (SSSR count). The van der Waals surface area contributed by atoms with Crippen LogP contribution in [0.5, 0.6) is 0 Å². The summed E-state index contributed by atoms with van der Waals surface area (Å²) >= 11 is 0. The monoisotopic (exact) mass is 328 g/mol. The summed E-state index contributed by atoms with van der Waals surface area (Å²) in [5, 5.41) is 14.5. The first-order chi connectivity index (χ1) is 11.7. The predicted octanol–water partition coefficient (Wildman–Crippen LogP) is 2.03. The second-order valence-corrected chi connectivity index (χ2v) is 6.34. The van der Waals surface area contributed by atoms with E-state index in [9.17, 15) is 9.90 Å². The zero-order chi connectivity index (χ0) is 16.8. The van der Waals surface area contributed by atoms with E-state index in [1.165, 1.54) is 6.33 Å². The molecule has 1 saturated heterocycles. The van der Waals surface area contributed by atoms with Crippen molar-refractivity contribution in [3.8, 4) is 0 Å². The molecule has 1 aromatic heterocycles. The van der Waals surface area contributed by atoms with Gasteiger partial charge in [0.25, 0.3) is 0 Å². The Balaban J connectivity index is 1.42. The highest BCUT2D eigenvalue weighted by atomic mass is 16.3. The highest BCUT2D eigenvalue weighted by Gasteiger charge is 2.27. The first-order valence-corrected chi connectivity index (χ1v) is 8.57. The molecular weight excluding hydrogens is 304 g/mol. The van der Waals surface area contributed by atoms with Gasteiger partial charge in [-0.2, -0.15) is 5.10 Å². The van der Waals surface area contributed by atoms with Crippen molar-refractivity contribution in [1.82, 2.24) is 19.7 Å². The lowest BCUT2D eigenvalue weighted by atomic mass is 9.87. The van der Waals surface area contributed by atoms with Gasteiger partial charge in [-0.15, -0.1) is 0 Å². The number of nitrogens with zero attached hydrogens (tertiary/aromatic N) is 4.